The van der Waals surface area contributed by atoms with Crippen molar-refractivity contribution in [3.8, 4) is 6.07 Å². The number of thioether (sulfide) groups is 1. The number of hydrogen-bond donors (Lipinski definition) is 4. The molecule has 3 rings (SSSR count). The molecule has 1 saturated heterocycles. The van der Waals surface area contributed by atoms with Gasteiger partial charge in [-0.25, -0.2) is 14.6 Å². The van der Waals surface area contributed by atoms with Gasteiger partial charge in [-0.05, 0) is 12.1 Å². The predicted molar refractivity (Wildman–Crippen MR) is 120 cm³/mol. The molecule has 14 nitrogen and oxygen atoms in total. The van der Waals surface area contributed by atoms with Gasteiger partial charge in [0.25, 0.3) is 5.56 Å². The minimum absolute atomic E-state index is 0.260. The molecule has 1 amide bonds. The van der Waals surface area contributed by atoms with Crippen LogP contribution in [0.15, 0.2) is 51.3 Å². The Morgan fingerprint density at radius 1 is 1.31 bits per heavy atom. The van der Waals surface area contributed by atoms with E-state index in [9.17, 15) is 39.4 Å². The van der Waals surface area contributed by atoms with Gasteiger partial charge in [0.1, 0.15) is 18.3 Å². The molecule has 1 unspecified atom stereocenters. The van der Waals surface area contributed by atoms with E-state index in [0.29, 0.717) is 5.03 Å². The predicted octanol–water partition coefficient (Wildman–Crippen LogP) is -2.29. The zero-order valence-electron chi connectivity index (χ0n) is 18.6. The number of nitrogens with one attached hydrogen (secondary N) is 2. The van der Waals surface area contributed by atoms with Gasteiger partial charge in [0.15, 0.2) is 24.0 Å². The number of ether oxygens (including phenoxy) is 2. The summed E-state index contributed by atoms with van der Waals surface area (Å²) in [5.74, 6) is -5.10. The number of carbonyl (C=O) groups is 3. The molecular weight excluding hydrogens is 498 g/mol. The second-order valence-electron chi connectivity index (χ2n) is 7.48. The average molecular weight is 519 g/mol. The van der Waals surface area contributed by atoms with Gasteiger partial charge in [-0.2, -0.15) is 5.26 Å². The Balaban J connectivity index is 1.77. The van der Waals surface area contributed by atoms with Crippen molar-refractivity contribution < 1.29 is 34.1 Å². The number of aromatic nitrogens is 3. The number of pyridine rings is 1. The first-order valence-electron chi connectivity index (χ1n) is 10.3. The minimum Gasteiger partial charge on any atom is -0.467 e. The summed E-state index contributed by atoms with van der Waals surface area (Å²) in [5, 5.41) is 33.0. The van der Waals surface area contributed by atoms with Crippen molar-refractivity contribution in [1.29, 1.82) is 5.26 Å². The van der Waals surface area contributed by atoms with Gasteiger partial charge < -0.3 is 25.0 Å². The fourth-order valence-corrected chi connectivity index (χ4v) is 4.16. The molecule has 0 aromatic carbocycles. The lowest BCUT2D eigenvalue weighted by Gasteiger charge is -2.25. The minimum atomic E-state index is -1.81. The number of Topliss-reactive ketones (excluding diaryl/α,β-unsaturated/α-hetero) is 1. The van der Waals surface area contributed by atoms with Gasteiger partial charge >= 0.3 is 11.7 Å². The monoisotopic (exact) mass is 519 g/mol. The first kappa shape index (κ1) is 26.8. The quantitative estimate of drug-likeness (QED) is 0.156. The first-order valence-corrected chi connectivity index (χ1v) is 11.3. The lowest BCUT2D eigenvalue weighted by atomic mass is 10.0. The van der Waals surface area contributed by atoms with E-state index in [1.165, 1.54) is 6.20 Å². The number of aliphatic hydroxyl groups is 2. The van der Waals surface area contributed by atoms with Crippen LogP contribution in [0.1, 0.15) is 6.23 Å². The molecule has 0 saturated carbocycles. The van der Waals surface area contributed by atoms with E-state index in [2.05, 4.69) is 15.0 Å². The summed E-state index contributed by atoms with van der Waals surface area (Å²) >= 11 is 1.01. The Morgan fingerprint density at radius 3 is 2.67 bits per heavy atom. The number of methoxy groups -OCH3 is 1. The van der Waals surface area contributed by atoms with Crippen molar-refractivity contribution in [1.82, 2.24) is 19.9 Å². The fourth-order valence-electron chi connectivity index (χ4n) is 3.40. The number of ketones is 1. The van der Waals surface area contributed by atoms with E-state index < -0.39 is 65.4 Å². The maximum atomic E-state index is 12.8. The third kappa shape index (κ3) is 5.86. The van der Waals surface area contributed by atoms with Crippen LogP contribution in [0.3, 0.4) is 0 Å². The van der Waals surface area contributed by atoms with E-state index >= 15 is 0 Å². The van der Waals surface area contributed by atoms with Crippen LogP contribution in [0, 0.1) is 17.2 Å². The number of amides is 1. The highest BCUT2D eigenvalue weighted by atomic mass is 32.2. The molecule has 2 aromatic rings. The maximum Gasteiger partial charge on any atom is 0.331 e. The third-order valence-electron chi connectivity index (χ3n) is 5.20. The van der Waals surface area contributed by atoms with Gasteiger partial charge in [0.2, 0.25) is 5.91 Å². The molecule has 0 bridgehead atoms. The molecule has 1 aliphatic heterocycles. The SMILES string of the molecule is COC(=O)[C@@H](NC(=O)C(C#N)C(=O)CSc1ccccn1)[C@H]1O[C@@H](n2ccc(=O)[nH]c2=O)[C@H](O)[C@@H]1O. The van der Waals surface area contributed by atoms with Crippen LogP contribution in [0.5, 0.6) is 0 Å². The van der Waals surface area contributed by atoms with Crippen molar-refractivity contribution >= 4 is 29.4 Å². The van der Waals surface area contributed by atoms with E-state index in [0.717, 1.165) is 35.7 Å². The Hall–Kier alpha value is -3.84. The summed E-state index contributed by atoms with van der Waals surface area (Å²) in [6.07, 6.45) is -4.23. The molecule has 15 heteroatoms. The highest BCUT2D eigenvalue weighted by Crippen LogP contribution is 2.30. The molecule has 190 valence electrons. The number of aromatic amines is 1. The number of nitriles is 1. The third-order valence-corrected chi connectivity index (χ3v) is 6.16. The summed E-state index contributed by atoms with van der Waals surface area (Å²) in [6, 6.07) is 5.81. The zero-order chi connectivity index (χ0) is 26.4. The molecule has 4 N–H and O–H groups in total. The van der Waals surface area contributed by atoms with Crippen LogP contribution in [-0.4, -0.2) is 79.6 Å². The molecule has 1 fully saturated rings. The molecule has 0 aliphatic carbocycles. The summed E-state index contributed by atoms with van der Waals surface area (Å²) in [4.78, 5) is 67.1. The van der Waals surface area contributed by atoms with Gasteiger partial charge in [0.05, 0.1) is 24.0 Å². The topological polar surface area (TPSA) is 214 Å². The summed E-state index contributed by atoms with van der Waals surface area (Å²) in [5.41, 5.74) is -1.67. The van der Waals surface area contributed by atoms with Crippen molar-refractivity contribution in [2.75, 3.05) is 12.9 Å². The van der Waals surface area contributed by atoms with Crippen molar-refractivity contribution in [2.24, 2.45) is 5.92 Å². The number of nitrogens with zero attached hydrogens (tertiary/aromatic N) is 3. The van der Waals surface area contributed by atoms with Gasteiger partial charge in [-0.1, -0.05) is 17.8 Å². The van der Waals surface area contributed by atoms with Crippen LogP contribution < -0.4 is 16.6 Å². The number of rotatable bonds is 9. The largest absolute Gasteiger partial charge is 0.467 e. The molecule has 3 heterocycles. The number of esters is 1. The second-order valence-corrected chi connectivity index (χ2v) is 8.48. The van der Waals surface area contributed by atoms with Crippen molar-refractivity contribution in [3.05, 3.63) is 57.5 Å². The normalized spacial score (nSPS) is 22.7. The van der Waals surface area contributed by atoms with Gasteiger partial charge in [-0.3, -0.25) is 23.9 Å². The molecule has 6 atom stereocenters. The molecule has 1 aliphatic rings. The second kappa shape index (κ2) is 11.7. The Kier molecular flexibility index (Phi) is 8.72. The Labute approximate surface area is 206 Å². The van der Waals surface area contributed by atoms with Crippen molar-refractivity contribution in [2.45, 2.75) is 35.6 Å². The molecule has 36 heavy (non-hydrogen) atoms. The van der Waals surface area contributed by atoms with Crippen molar-refractivity contribution in [3.63, 3.8) is 0 Å². The Morgan fingerprint density at radius 2 is 2.06 bits per heavy atom. The number of carbonyl (C=O) groups excluding carboxylic acids is 3. The summed E-state index contributed by atoms with van der Waals surface area (Å²) < 4.78 is 10.9. The van der Waals surface area contributed by atoms with Gasteiger partial charge in [-0.15, -0.1) is 0 Å². The average Bonchev–Trinajstić information content (AvgIpc) is 3.15. The number of aliphatic hydroxyl groups excluding tert-OH is 2. The summed E-state index contributed by atoms with van der Waals surface area (Å²) in [6.45, 7) is 0. The molecule has 0 radical (unpaired) electrons. The highest BCUT2D eigenvalue weighted by Gasteiger charge is 2.51. The molecule has 2 aromatic heterocycles. The fraction of sp³-hybridized carbons (Fsp3) is 0.381. The molecule has 0 spiro atoms. The first-order chi connectivity index (χ1) is 17.2. The van der Waals surface area contributed by atoms with Gasteiger partial charge in [0, 0.05) is 18.5 Å². The highest BCUT2D eigenvalue weighted by molar-refractivity contribution is 7.99. The van der Waals surface area contributed by atoms with E-state index in [1.54, 1.807) is 24.3 Å². The number of hydrogen-bond acceptors (Lipinski definition) is 12. The van der Waals surface area contributed by atoms with E-state index in [-0.39, 0.29) is 5.75 Å². The zero-order valence-corrected chi connectivity index (χ0v) is 19.5. The van der Waals surface area contributed by atoms with Crippen LogP contribution in [0.2, 0.25) is 0 Å². The lowest BCUT2D eigenvalue weighted by molar-refractivity contribution is -0.153. The smallest absolute Gasteiger partial charge is 0.331 e. The standard InChI is InChI=1S/C21H21N5O9S/c1-34-20(32)14(17-15(29)16(30)19(35-17)26-7-5-12(28)24-21(26)33)25-18(31)10(8-22)11(27)9-36-13-4-2-3-6-23-13/h2-7,10,14-17,19,29-30H,9H2,1H3,(H,25,31)(H,24,28,33)/t10?,14-,15-,16+,17+,19+/m0/s1. The number of H-pyrrole nitrogens is 1. The summed E-state index contributed by atoms with van der Waals surface area (Å²) in [7, 11) is 0.986. The van der Waals surface area contributed by atoms with Crippen LogP contribution in [0.4, 0.5) is 0 Å². The van der Waals surface area contributed by atoms with E-state index in [1.807, 2.05) is 4.98 Å². The van der Waals surface area contributed by atoms with Crippen LogP contribution in [-0.2, 0) is 23.9 Å². The molecular formula is C21H21N5O9S. The van der Waals surface area contributed by atoms with E-state index in [4.69, 9.17) is 4.74 Å². The lowest BCUT2D eigenvalue weighted by Crippen LogP contribution is -2.55. The van der Waals surface area contributed by atoms with Crippen LogP contribution >= 0.6 is 11.8 Å². The van der Waals surface area contributed by atoms with Crippen LogP contribution in [0.25, 0.3) is 0 Å². The maximum absolute atomic E-state index is 12.8. The Bertz CT molecular complexity index is 1270.